The van der Waals surface area contributed by atoms with Crippen LogP contribution in [0.5, 0.6) is 0 Å². The van der Waals surface area contributed by atoms with Gasteiger partial charge in [-0.05, 0) is 49.2 Å². The van der Waals surface area contributed by atoms with Gasteiger partial charge >= 0.3 is 0 Å². The molecule has 1 aliphatic rings. The first-order valence-electron chi connectivity index (χ1n) is 9.03. The van der Waals surface area contributed by atoms with Crippen LogP contribution in [0.1, 0.15) is 42.5 Å². The SMILES string of the molecule is CN(C1CCCCC1)S(=O)(=O)c1cccc(C(=O)Nc2cccc(F)c2)c1. The van der Waals surface area contributed by atoms with E-state index < -0.39 is 21.7 Å². The van der Waals surface area contributed by atoms with Crippen molar-refractivity contribution in [3.63, 3.8) is 0 Å². The molecule has 1 amide bonds. The van der Waals surface area contributed by atoms with Crippen LogP contribution in [-0.2, 0) is 10.0 Å². The first kappa shape index (κ1) is 19.5. The topological polar surface area (TPSA) is 66.5 Å². The molecular formula is C20H23FN2O3S. The summed E-state index contributed by atoms with van der Waals surface area (Å²) in [5.41, 5.74) is 0.518. The number of sulfonamides is 1. The average molecular weight is 390 g/mol. The minimum Gasteiger partial charge on any atom is -0.322 e. The van der Waals surface area contributed by atoms with Crippen molar-refractivity contribution in [1.29, 1.82) is 0 Å². The highest BCUT2D eigenvalue weighted by Gasteiger charge is 2.29. The van der Waals surface area contributed by atoms with Gasteiger partial charge in [-0.3, -0.25) is 4.79 Å². The van der Waals surface area contributed by atoms with Crippen molar-refractivity contribution < 1.29 is 17.6 Å². The Bertz CT molecular complexity index is 924. The number of hydrogen-bond donors (Lipinski definition) is 1. The fourth-order valence-corrected chi connectivity index (χ4v) is 4.84. The summed E-state index contributed by atoms with van der Waals surface area (Å²) < 4.78 is 40.6. The molecule has 0 radical (unpaired) electrons. The minimum absolute atomic E-state index is 0.00599. The summed E-state index contributed by atoms with van der Waals surface area (Å²) in [6, 6.07) is 11.5. The first-order valence-corrected chi connectivity index (χ1v) is 10.5. The Morgan fingerprint density at radius 3 is 2.48 bits per heavy atom. The van der Waals surface area contributed by atoms with E-state index in [1.165, 1.54) is 40.7 Å². The molecular weight excluding hydrogens is 367 g/mol. The summed E-state index contributed by atoms with van der Waals surface area (Å²) in [5, 5.41) is 2.58. The number of halogens is 1. The zero-order valence-electron chi connectivity index (χ0n) is 15.2. The van der Waals surface area contributed by atoms with Crippen LogP contribution in [0.15, 0.2) is 53.4 Å². The fraction of sp³-hybridized carbons (Fsp3) is 0.350. The lowest BCUT2D eigenvalue weighted by molar-refractivity contribution is 0.102. The summed E-state index contributed by atoms with van der Waals surface area (Å²) in [4.78, 5) is 12.5. The Labute approximate surface area is 159 Å². The van der Waals surface area contributed by atoms with Gasteiger partial charge < -0.3 is 5.32 Å². The smallest absolute Gasteiger partial charge is 0.255 e. The molecule has 0 spiro atoms. The Morgan fingerprint density at radius 1 is 1.07 bits per heavy atom. The monoisotopic (exact) mass is 390 g/mol. The molecule has 0 atom stereocenters. The van der Waals surface area contributed by atoms with Crippen molar-refractivity contribution in [2.24, 2.45) is 0 Å². The van der Waals surface area contributed by atoms with Crippen molar-refractivity contribution in [2.45, 2.75) is 43.0 Å². The molecule has 1 saturated carbocycles. The summed E-state index contributed by atoms with van der Waals surface area (Å²) in [7, 11) is -2.08. The maximum Gasteiger partial charge on any atom is 0.255 e. The Hall–Kier alpha value is -2.25. The molecule has 144 valence electrons. The van der Waals surface area contributed by atoms with Crippen LogP contribution in [0.2, 0.25) is 0 Å². The number of nitrogens with zero attached hydrogens (tertiary/aromatic N) is 1. The van der Waals surface area contributed by atoms with Crippen molar-refractivity contribution in [2.75, 3.05) is 12.4 Å². The highest BCUT2D eigenvalue weighted by Crippen LogP contribution is 2.27. The molecule has 0 saturated heterocycles. The maximum atomic E-state index is 13.3. The second kappa shape index (κ2) is 8.19. The normalized spacial score (nSPS) is 15.7. The number of benzene rings is 2. The van der Waals surface area contributed by atoms with E-state index in [0.29, 0.717) is 5.69 Å². The third-order valence-electron chi connectivity index (χ3n) is 4.94. The molecule has 2 aromatic carbocycles. The predicted octanol–water partition coefficient (Wildman–Crippen LogP) is 4.03. The van der Waals surface area contributed by atoms with Crippen molar-refractivity contribution >= 4 is 21.6 Å². The summed E-state index contributed by atoms with van der Waals surface area (Å²) in [5.74, 6) is -0.948. The van der Waals surface area contributed by atoms with Crippen LogP contribution in [0.4, 0.5) is 10.1 Å². The number of rotatable bonds is 5. The lowest BCUT2D eigenvalue weighted by atomic mass is 9.96. The third kappa shape index (κ3) is 4.54. The number of anilines is 1. The van der Waals surface area contributed by atoms with E-state index in [0.717, 1.165) is 32.1 Å². The molecule has 0 unspecified atom stereocenters. The van der Waals surface area contributed by atoms with E-state index in [1.54, 1.807) is 19.2 Å². The maximum absolute atomic E-state index is 13.3. The Balaban J connectivity index is 1.80. The number of nitrogens with one attached hydrogen (secondary N) is 1. The molecule has 5 nitrogen and oxygen atoms in total. The highest BCUT2D eigenvalue weighted by atomic mass is 32.2. The molecule has 1 N–H and O–H groups in total. The van der Waals surface area contributed by atoms with Gasteiger partial charge in [0.2, 0.25) is 10.0 Å². The molecule has 0 bridgehead atoms. The molecule has 2 aromatic rings. The second-order valence-corrected chi connectivity index (χ2v) is 8.80. The molecule has 0 aliphatic heterocycles. The van der Waals surface area contributed by atoms with Gasteiger partial charge in [-0.1, -0.05) is 31.4 Å². The van der Waals surface area contributed by atoms with E-state index in [2.05, 4.69) is 5.32 Å². The van der Waals surface area contributed by atoms with Crippen molar-refractivity contribution in [3.05, 3.63) is 59.9 Å². The van der Waals surface area contributed by atoms with Crippen LogP contribution in [0.3, 0.4) is 0 Å². The summed E-state index contributed by atoms with van der Waals surface area (Å²) >= 11 is 0. The van der Waals surface area contributed by atoms with Crippen LogP contribution in [-0.4, -0.2) is 31.7 Å². The predicted molar refractivity (Wildman–Crippen MR) is 103 cm³/mol. The van der Waals surface area contributed by atoms with Gasteiger partial charge in [0.25, 0.3) is 5.91 Å². The number of hydrogen-bond acceptors (Lipinski definition) is 3. The van der Waals surface area contributed by atoms with Gasteiger partial charge in [0.15, 0.2) is 0 Å². The average Bonchev–Trinajstić information content (AvgIpc) is 2.68. The zero-order valence-corrected chi connectivity index (χ0v) is 16.0. The van der Waals surface area contributed by atoms with E-state index in [1.807, 2.05) is 0 Å². The Morgan fingerprint density at radius 2 is 1.78 bits per heavy atom. The lowest BCUT2D eigenvalue weighted by Gasteiger charge is -2.30. The van der Waals surface area contributed by atoms with Gasteiger partial charge in [-0.2, -0.15) is 4.31 Å². The quantitative estimate of drug-likeness (QED) is 0.838. The summed E-state index contributed by atoms with van der Waals surface area (Å²) in [6.07, 6.45) is 4.91. The van der Waals surface area contributed by atoms with E-state index in [-0.39, 0.29) is 16.5 Å². The highest BCUT2D eigenvalue weighted by molar-refractivity contribution is 7.89. The minimum atomic E-state index is -3.68. The van der Waals surface area contributed by atoms with E-state index >= 15 is 0 Å². The largest absolute Gasteiger partial charge is 0.322 e. The molecule has 0 heterocycles. The van der Waals surface area contributed by atoms with Gasteiger partial charge in [0.05, 0.1) is 4.90 Å². The third-order valence-corrected chi connectivity index (χ3v) is 6.85. The fourth-order valence-electron chi connectivity index (χ4n) is 3.37. The van der Waals surface area contributed by atoms with Gasteiger partial charge in [0.1, 0.15) is 5.82 Å². The number of carbonyl (C=O) groups excluding carboxylic acids is 1. The first-order chi connectivity index (χ1) is 12.9. The van der Waals surface area contributed by atoms with E-state index in [9.17, 15) is 17.6 Å². The summed E-state index contributed by atoms with van der Waals surface area (Å²) in [6.45, 7) is 0. The molecule has 0 aromatic heterocycles. The number of amides is 1. The van der Waals surface area contributed by atoms with Gasteiger partial charge in [-0.25, -0.2) is 12.8 Å². The zero-order chi connectivity index (χ0) is 19.4. The molecule has 27 heavy (non-hydrogen) atoms. The van der Waals surface area contributed by atoms with Gasteiger partial charge in [0, 0.05) is 24.3 Å². The van der Waals surface area contributed by atoms with Gasteiger partial charge in [-0.15, -0.1) is 0 Å². The van der Waals surface area contributed by atoms with Crippen LogP contribution in [0.25, 0.3) is 0 Å². The lowest BCUT2D eigenvalue weighted by Crippen LogP contribution is -2.38. The molecule has 1 aliphatic carbocycles. The second-order valence-electron chi connectivity index (χ2n) is 6.81. The molecule has 7 heteroatoms. The van der Waals surface area contributed by atoms with Crippen molar-refractivity contribution in [3.8, 4) is 0 Å². The van der Waals surface area contributed by atoms with Crippen molar-refractivity contribution in [1.82, 2.24) is 4.31 Å². The Kier molecular flexibility index (Phi) is 5.92. The van der Waals surface area contributed by atoms with Crippen LogP contribution < -0.4 is 5.32 Å². The van der Waals surface area contributed by atoms with Crippen LogP contribution >= 0.6 is 0 Å². The number of carbonyl (C=O) groups is 1. The molecule has 1 fully saturated rings. The molecule has 3 rings (SSSR count). The standard InChI is InChI=1S/C20H23FN2O3S/c1-23(18-10-3-2-4-11-18)27(25,26)19-12-5-7-15(13-19)20(24)22-17-9-6-8-16(21)14-17/h5-9,12-14,18H,2-4,10-11H2,1H3,(H,22,24). The van der Waals surface area contributed by atoms with Crippen LogP contribution in [0, 0.1) is 5.82 Å². The van der Waals surface area contributed by atoms with E-state index in [4.69, 9.17) is 0 Å².